The highest BCUT2D eigenvalue weighted by atomic mass is 32.2. The van der Waals surface area contributed by atoms with Crippen LogP contribution in [-0.4, -0.2) is 23.9 Å². The number of ether oxygens (including phenoxy) is 1. The van der Waals surface area contributed by atoms with Crippen molar-refractivity contribution in [2.45, 2.75) is 38.7 Å². The van der Waals surface area contributed by atoms with Gasteiger partial charge in [0.1, 0.15) is 5.75 Å². The topological polar surface area (TPSA) is 21.3 Å². The van der Waals surface area contributed by atoms with Crippen LogP contribution in [0.3, 0.4) is 0 Å². The monoisotopic (exact) mass is 305 g/mol. The lowest BCUT2D eigenvalue weighted by Gasteiger charge is -2.23. The predicted octanol–water partition coefficient (Wildman–Crippen LogP) is 3.88. The van der Waals surface area contributed by atoms with Gasteiger partial charge in [-0.1, -0.05) is 6.07 Å². The van der Waals surface area contributed by atoms with Crippen LogP contribution in [0.4, 0.5) is 13.2 Å². The van der Waals surface area contributed by atoms with E-state index < -0.39 is 6.36 Å². The minimum Gasteiger partial charge on any atom is -0.406 e. The van der Waals surface area contributed by atoms with Gasteiger partial charge in [0.15, 0.2) is 0 Å². The smallest absolute Gasteiger partial charge is 0.406 e. The molecule has 1 fully saturated rings. The van der Waals surface area contributed by atoms with E-state index in [-0.39, 0.29) is 5.75 Å². The van der Waals surface area contributed by atoms with Gasteiger partial charge in [0.05, 0.1) is 0 Å². The van der Waals surface area contributed by atoms with Crippen molar-refractivity contribution in [1.82, 2.24) is 5.32 Å². The summed E-state index contributed by atoms with van der Waals surface area (Å²) >= 11 is 1.95. The molecule has 2 rings (SSSR count). The molecule has 1 N–H and O–H groups in total. The number of benzene rings is 1. The Morgan fingerprint density at radius 2 is 1.95 bits per heavy atom. The summed E-state index contributed by atoms with van der Waals surface area (Å²) < 4.78 is 40.7. The van der Waals surface area contributed by atoms with Crippen molar-refractivity contribution in [3.8, 4) is 5.75 Å². The Morgan fingerprint density at radius 1 is 1.25 bits per heavy atom. The van der Waals surface area contributed by atoms with Crippen LogP contribution < -0.4 is 10.1 Å². The number of hydrogen-bond acceptors (Lipinski definition) is 3. The molecule has 6 heteroatoms. The van der Waals surface area contributed by atoms with Crippen LogP contribution in [0.15, 0.2) is 18.2 Å². The van der Waals surface area contributed by atoms with E-state index in [1.807, 2.05) is 17.8 Å². The Kier molecular flexibility index (Phi) is 5.21. The Balaban J connectivity index is 1.96. The van der Waals surface area contributed by atoms with Crippen molar-refractivity contribution in [2.24, 2.45) is 0 Å². The van der Waals surface area contributed by atoms with Gasteiger partial charge in [-0.3, -0.25) is 0 Å². The third kappa shape index (κ3) is 5.25. The maximum atomic E-state index is 12.2. The summed E-state index contributed by atoms with van der Waals surface area (Å²) in [4.78, 5) is 0. The summed E-state index contributed by atoms with van der Waals surface area (Å²) in [5.74, 6) is 2.15. The lowest BCUT2D eigenvalue weighted by atomic mass is 10.1. The molecule has 0 bridgehead atoms. The van der Waals surface area contributed by atoms with Crippen LogP contribution in [0.25, 0.3) is 0 Å². The van der Waals surface area contributed by atoms with Gasteiger partial charge in [0.2, 0.25) is 0 Å². The molecule has 0 unspecified atom stereocenters. The molecule has 0 radical (unpaired) electrons. The van der Waals surface area contributed by atoms with Crippen molar-refractivity contribution in [3.05, 3.63) is 29.3 Å². The fraction of sp³-hybridized carbons (Fsp3) is 0.571. The maximum Gasteiger partial charge on any atom is 0.573 e. The van der Waals surface area contributed by atoms with Gasteiger partial charge >= 0.3 is 6.36 Å². The summed E-state index contributed by atoms with van der Waals surface area (Å²) in [6.07, 6.45) is -2.41. The van der Waals surface area contributed by atoms with E-state index in [9.17, 15) is 13.2 Å². The molecule has 2 nitrogen and oxygen atoms in total. The van der Waals surface area contributed by atoms with Crippen LogP contribution in [0, 0.1) is 6.92 Å². The molecule has 112 valence electrons. The highest BCUT2D eigenvalue weighted by Gasteiger charge is 2.31. The van der Waals surface area contributed by atoms with Crippen LogP contribution in [0.5, 0.6) is 5.75 Å². The predicted molar refractivity (Wildman–Crippen MR) is 75.0 cm³/mol. The SMILES string of the molecule is Cc1cc(CNC2CCSCC2)cc(OC(F)(F)F)c1. The number of halogens is 3. The number of aryl methyl sites for hydroxylation is 1. The van der Waals surface area contributed by atoms with Crippen molar-refractivity contribution in [2.75, 3.05) is 11.5 Å². The van der Waals surface area contributed by atoms with Crippen LogP contribution in [-0.2, 0) is 6.54 Å². The largest absolute Gasteiger partial charge is 0.573 e. The Bertz CT molecular complexity index is 445. The minimum atomic E-state index is -4.64. The molecule has 1 heterocycles. The molecule has 1 aromatic carbocycles. The number of alkyl halides is 3. The maximum absolute atomic E-state index is 12.2. The first-order chi connectivity index (χ1) is 9.42. The van der Waals surface area contributed by atoms with Gasteiger partial charge in [-0.05, 0) is 54.5 Å². The molecule has 1 aliphatic heterocycles. The van der Waals surface area contributed by atoms with E-state index in [2.05, 4.69) is 10.1 Å². The molecule has 0 saturated carbocycles. The molecule has 0 atom stereocenters. The highest BCUT2D eigenvalue weighted by molar-refractivity contribution is 7.99. The number of nitrogens with one attached hydrogen (secondary N) is 1. The van der Waals surface area contributed by atoms with Crippen molar-refractivity contribution in [1.29, 1.82) is 0 Å². The zero-order valence-corrected chi connectivity index (χ0v) is 12.1. The zero-order chi connectivity index (χ0) is 14.6. The Labute approximate surface area is 121 Å². The zero-order valence-electron chi connectivity index (χ0n) is 11.3. The van der Waals surface area contributed by atoms with Gasteiger partial charge in [-0.15, -0.1) is 13.2 Å². The number of thioether (sulfide) groups is 1. The quantitative estimate of drug-likeness (QED) is 0.912. The second-order valence-electron chi connectivity index (χ2n) is 4.97. The standard InChI is InChI=1S/C14H18F3NOS/c1-10-6-11(8-13(7-10)19-14(15,16)17)9-18-12-2-4-20-5-3-12/h6-8,12,18H,2-5,9H2,1H3. The average Bonchev–Trinajstić information content (AvgIpc) is 2.35. The molecule has 0 spiro atoms. The summed E-state index contributed by atoms with van der Waals surface area (Å²) in [6, 6.07) is 5.19. The molecule has 1 aliphatic rings. The summed E-state index contributed by atoms with van der Waals surface area (Å²) in [6.45, 7) is 2.34. The fourth-order valence-electron chi connectivity index (χ4n) is 2.28. The molecule has 0 amide bonds. The van der Waals surface area contributed by atoms with E-state index in [0.717, 1.165) is 35.5 Å². The fourth-order valence-corrected chi connectivity index (χ4v) is 3.39. The summed E-state index contributed by atoms with van der Waals surface area (Å²) in [7, 11) is 0. The second kappa shape index (κ2) is 6.72. The van der Waals surface area contributed by atoms with Crippen LogP contribution in [0.2, 0.25) is 0 Å². The summed E-state index contributed by atoms with van der Waals surface area (Å²) in [5, 5.41) is 3.41. The van der Waals surface area contributed by atoms with E-state index in [1.54, 1.807) is 6.92 Å². The van der Waals surface area contributed by atoms with E-state index in [4.69, 9.17) is 0 Å². The Hall–Kier alpha value is -0.880. The third-order valence-corrected chi connectivity index (χ3v) is 4.21. The lowest BCUT2D eigenvalue weighted by molar-refractivity contribution is -0.274. The highest BCUT2D eigenvalue weighted by Crippen LogP contribution is 2.25. The Morgan fingerprint density at radius 3 is 2.60 bits per heavy atom. The van der Waals surface area contributed by atoms with Crippen molar-refractivity contribution >= 4 is 11.8 Å². The normalized spacial score (nSPS) is 17.2. The minimum absolute atomic E-state index is 0.145. The molecule has 1 saturated heterocycles. The molecule has 0 aromatic heterocycles. The average molecular weight is 305 g/mol. The van der Waals surface area contributed by atoms with Gasteiger partial charge < -0.3 is 10.1 Å². The molecule has 1 aromatic rings. The summed E-state index contributed by atoms with van der Waals surface area (Å²) in [5.41, 5.74) is 1.59. The van der Waals surface area contributed by atoms with Crippen molar-refractivity contribution in [3.63, 3.8) is 0 Å². The van der Waals surface area contributed by atoms with Gasteiger partial charge in [0.25, 0.3) is 0 Å². The van der Waals surface area contributed by atoms with Crippen molar-refractivity contribution < 1.29 is 17.9 Å². The van der Waals surface area contributed by atoms with E-state index in [0.29, 0.717) is 12.6 Å². The first-order valence-electron chi connectivity index (χ1n) is 6.60. The lowest BCUT2D eigenvalue weighted by Crippen LogP contribution is -2.32. The van der Waals surface area contributed by atoms with E-state index >= 15 is 0 Å². The van der Waals surface area contributed by atoms with E-state index in [1.165, 1.54) is 12.1 Å². The molecular weight excluding hydrogens is 287 g/mol. The molecule has 0 aliphatic carbocycles. The third-order valence-electron chi connectivity index (χ3n) is 3.16. The number of hydrogen-bond donors (Lipinski definition) is 1. The molecular formula is C14H18F3NOS. The first-order valence-corrected chi connectivity index (χ1v) is 7.75. The van der Waals surface area contributed by atoms with Gasteiger partial charge in [-0.2, -0.15) is 11.8 Å². The number of rotatable bonds is 4. The van der Waals surface area contributed by atoms with Gasteiger partial charge in [0, 0.05) is 12.6 Å². The molecule has 20 heavy (non-hydrogen) atoms. The second-order valence-corrected chi connectivity index (χ2v) is 6.19. The van der Waals surface area contributed by atoms with Crippen LogP contribution >= 0.6 is 11.8 Å². The van der Waals surface area contributed by atoms with Gasteiger partial charge in [-0.25, -0.2) is 0 Å². The first kappa shape index (κ1) is 15.5. The van der Waals surface area contributed by atoms with Crippen LogP contribution in [0.1, 0.15) is 24.0 Å².